The Kier molecular flexibility index (Phi) is 7.83. The maximum absolute atomic E-state index is 4.09. The fraction of sp³-hybridized carbons (Fsp3) is 0.667. The molecule has 1 aromatic rings. The zero-order chi connectivity index (χ0) is 23.6. The van der Waals surface area contributed by atoms with Gasteiger partial charge in [0.1, 0.15) is 0 Å². The van der Waals surface area contributed by atoms with Crippen LogP contribution in [0.1, 0.15) is 59.1 Å². The van der Waals surface area contributed by atoms with Gasteiger partial charge in [0.25, 0.3) is 0 Å². The molecule has 0 amide bonds. The van der Waals surface area contributed by atoms with E-state index in [4.69, 9.17) is 0 Å². The van der Waals surface area contributed by atoms with Crippen LogP contribution < -0.4 is 5.32 Å². The van der Waals surface area contributed by atoms with E-state index in [9.17, 15) is 0 Å². The molecule has 3 nitrogen and oxygen atoms in total. The molecule has 3 heteroatoms. The number of rotatable bonds is 6. The largest absolute Gasteiger partial charge is 0.304 e. The fourth-order valence-electron chi connectivity index (χ4n) is 6.24. The smallest absolute Gasteiger partial charge is 0.0356 e. The lowest BCUT2D eigenvalue weighted by Gasteiger charge is -2.48. The second-order valence-electron chi connectivity index (χ2n) is 12.2. The normalized spacial score (nSPS) is 32.3. The molecule has 1 N–H and O–H groups in total. The highest BCUT2D eigenvalue weighted by Gasteiger charge is 2.42. The van der Waals surface area contributed by atoms with E-state index in [1.165, 1.54) is 56.7 Å². The van der Waals surface area contributed by atoms with Gasteiger partial charge in [0.05, 0.1) is 0 Å². The highest BCUT2D eigenvalue weighted by atomic mass is 15.2. The molecule has 182 valence electrons. The van der Waals surface area contributed by atoms with Crippen LogP contribution >= 0.6 is 0 Å². The van der Waals surface area contributed by atoms with Gasteiger partial charge in [-0.1, -0.05) is 83.2 Å². The summed E-state index contributed by atoms with van der Waals surface area (Å²) in [5.41, 5.74) is 3.17. The van der Waals surface area contributed by atoms with Crippen molar-refractivity contribution in [1.29, 1.82) is 0 Å². The number of nitrogens with one attached hydrogen (secondary N) is 1. The summed E-state index contributed by atoms with van der Waals surface area (Å²) >= 11 is 0. The Bertz CT molecular complexity index is 813. The first kappa shape index (κ1) is 24.7. The first-order valence-corrected chi connectivity index (χ1v) is 13.3. The summed E-state index contributed by atoms with van der Waals surface area (Å²) in [5.74, 6) is 2.66. The van der Waals surface area contributed by atoms with Gasteiger partial charge in [0.2, 0.25) is 0 Å². The highest BCUT2D eigenvalue weighted by molar-refractivity contribution is 5.34. The molecule has 0 spiro atoms. The predicted molar refractivity (Wildman–Crippen MR) is 141 cm³/mol. The summed E-state index contributed by atoms with van der Waals surface area (Å²) < 4.78 is 0. The lowest BCUT2D eigenvalue weighted by atomic mass is 9.65. The van der Waals surface area contributed by atoms with Gasteiger partial charge in [-0.15, -0.1) is 0 Å². The van der Waals surface area contributed by atoms with E-state index in [0.717, 1.165) is 5.92 Å². The summed E-state index contributed by atoms with van der Waals surface area (Å²) in [6, 6.07) is 12.1. The van der Waals surface area contributed by atoms with Gasteiger partial charge in [-0.2, -0.15) is 0 Å². The average Bonchev–Trinajstić information content (AvgIpc) is 2.79. The van der Waals surface area contributed by atoms with Crippen LogP contribution in [0.4, 0.5) is 0 Å². The maximum Gasteiger partial charge on any atom is 0.0356 e. The van der Waals surface area contributed by atoms with Crippen LogP contribution in [0.5, 0.6) is 0 Å². The van der Waals surface area contributed by atoms with Crippen LogP contribution in [0.15, 0.2) is 54.1 Å². The maximum atomic E-state index is 4.09. The zero-order valence-electron chi connectivity index (χ0n) is 21.9. The first-order chi connectivity index (χ1) is 15.7. The predicted octanol–water partition coefficient (Wildman–Crippen LogP) is 5.77. The van der Waals surface area contributed by atoms with E-state index in [0.29, 0.717) is 29.8 Å². The molecule has 4 rings (SSSR count). The summed E-state index contributed by atoms with van der Waals surface area (Å²) in [6.45, 7) is 18.2. The second kappa shape index (κ2) is 10.5. The van der Waals surface area contributed by atoms with Crippen molar-refractivity contribution in [2.75, 3.05) is 39.8 Å². The van der Waals surface area contributed by atoms with Crippen molar-refractivity contribution in [3.63, 3.8) is 0 Å². The number of nitrogens with zero attached hydrogens (tertiary/aromatic N) is 2. The van der Waals surface area contributed by atoms with E-state index in [1.807, 2.05) is 0 Å². The molecule has 1 aliphatic carbocycles. The number of piperidine rings is 1. The SMILES string of the molecule is CC(CC[C@H]1[C@@H](c2ccccc2)NC2C=CC(C(C)(C)C)=CC2[C@H]1C)CN1CCN(C)CC1. The van der Waals surface area contributed by atoms with Crippen LogP contribution in [0.3, 0.4) is 0 Å². The molecule has 3 aliphatic rings. The van der Waals surface area contributed by atoms with Crippen molar-refractivity contribution >= 4 is 0 Å². The first-order valence-electron chi connectivity index (χ1n) is 13.3. The number of hydrogen-bond donors (Lipinski definition) is 1. The van der Waals surface area contributed by atoms with Gasteiger partial charge < -0.3 is 15.1 Å². The van der Waals surface area contributed by atoms with Gasteiger partial charge in [0.15, 0.2) is 0 Å². The topological polar surface area (TPSA) is 18.5 Å². The van der Waals surface area contributed by atoms with Gasteiger partial charge in [-0.3, -0.25) is 0 Å². The third-order valence-corrected chi connectivity index (χ3v) is 8.54. The molecule has 0 radical (unpaired) electrons. The molecule has 3 unspecified atom stereocenters. The van der Waals surface area contributed by atoms with Gasteiger partial charge >= 0.3 is 0 Å². The average molecular weight is 450 g/mol. The Balaban J connectivity index is 1.47. The lowest BCUT2D eigenvalue weighted by Crippen LogP contribution is -2.51. The van der Waals surface area contributed by atoms with E-state index >= 15 is 0 Å². The third kappa shape index (κ3) is 5.99. The second-order valence-corrected chi connectivity index (χ2v) is 12.2. The Morgan fingerprint density at radius 2 is 1.76 bits per heavy atom. The summed E-state index contributed by atoms with van der Waals surface area (Å²) in [7, 11) is 2.25. The quantitative estimate of drug-likeness (QED) is 0.594. The van der Waals surface area contributed by atoms with Crippen LogP contribution in [0, 0.1) is 29.1 Å². The van der Waals surface area contributed by atoms with Crippen LogP contribution in [-0.4, -0.2) is 55.6 Å². The summed E-state index contributed by atoms with van der Waals surface area (Å²) in [4.78, 5) is 5.14. The molecule has 0 bridgehead atoms. The number of hydrogen-bond acceptors (Lipinski definition) is 3. The van der Waals surface area contributed by atoms with Crippen molar-refractivity contribution < 1.29 is 0 Å². The van der Waals surface area contributed by atoms with Gasteiger partial charge in [-0.05, 0) is 60.1 Å². The van der Waals surface area contributed by atoms with Crippen LogP contribution in [-0.2, 0) is 0 Å². The molecule has 0 aromatic heterocycles. The molecule has 2 fully saturated rings. The summed E-state index contributed by atoms with van der Waals surface area (Å²) in [5, 5.41) is 4.09. The van der Waals surface area contributed by atoms with Crippen LogP contribution in [0.2, 0.25) is 0 Å². The molecule has 33 heavy (non-hydrogen) atoms. The number of allylic oxidation sites excluding steroid dienone is 2. The fourth-order valence-corrected chi connectivity index (χ4v) is 6.24. The number of benzene rings is 1. The molecule has 6 atom stereocenters. The minimum atomic E-state index is 0.212. The van der Waals surface area contributed by atoms with E-state index in [1.54, 1.807) is 0 Å². The Morgan fingerprint density at radius 3 is 2.42 bits per heavy atom. The van der Waals surface area contributed by atoms with Crippen LogP contribution in [0.25, 0.3) is 0 Å². The van der Waals surface area contributed by atoms with Gasteiger partial charge in [-0.25, -0.2) is 0 Å². The zero-order valence-corrected chi connectivity index (χ0v) is 21.9. The number of likely N-dealkylation sites (N-methyl/N-ethyl adjacent to an activating group) is 1. The molecule has 2 aliphatic heterocycles. The number of piperazine rings is 1. The molecule has 2 saturated heterocycles. The Labute approximate surface area is 203 Å². The monoisotopic (exact) mass is 449 g/mol. The molecular weight excluding hydrogens is 402 g/mol. The number of fused-ring (bicyclic) bond motifs is 1. The minimum Gasteiger partial charge on any atom is -0.304 e. The van der Waals surface area contributed by atoms with Crippen molar-refractivity contribution in [1.82, 2.24) is 15.1 Å². The molecule has 1 aromatic carbocycles. The molecule has 2 heterocycles. The molecular formula is C30H47N3. The van der Waals surface area contributed by atoms with Crippen molar-refractivity contribution in [3.05, 3.63) is 59.7 Å². The third-order valence-electron chi connectivity index (χ3n) is 8.54. The van der Waals surface area contributed by atoms with Crippen molar-refractivity contribution in [3.8, 4) is 0 Å². The van der Waals surface area contributed by atoms with Gasteiger partial charge in [0, 0.05) is 44.8 Å². The Morgan fingerprint density at radius 1 is 1.06 bits per heavy atom. The van der Waals surface area contributed by atoms with Crippen molar-refractivity contribution in [2.24, 2.45) is 29.1 Å². The van der Waals surface area contributed by atoms with E-state index in [2.05, 4.69) is 105 Å². The molecule has 0 saturated carbocycles. The lowest BCUT2D eigenvalue weighted by molar-refractivity contribution is 0.106. The standard InChI is InChI=1S/C30H47N3/c1-22(21-33-18-16-32(6)17-19-33)12-14-26-23(2)27-20-25(30(3,4)5)13-15-28(27)31-29(26)24-10-8-7-9-11-24/h7-11,13,15,20,22-23,26-29,31H,12,14,16-19,21H2,1-6H3/t22?,23-,26+,27?,28?,29+/m0/s1. The van der Waals surface area contributed by atoms with E-state index < -0.39 is 0 Å². The van der Waals surface area contributed by atoms with E-state index in [-0.39, 0.29) is 5.41 Å². The van der Waals surface area contributed by atoms with Crippen molar-refractivity contribution in [2.45, 2.75) is 59.5 Å². The Hall–Kier alpha value is -1.42. The highest BCUT2D eigenvalue weighted by Crippen LogP contribution is 2.45. The summed E-state index contributed by atoms with van der Waals surface area (Å²) in [6.07, 6.45) is 10.0. The minimum absolute atomic E-state index is 0.212.